The van der Waals surface area contributed by atoms with Gasteiger partial charge in [-0.3, -0.25) is 9.59 Å². The van der Waals surface area contributed by atoms with Crippen LogP contribution in [-0.4, -0.2) is 45.4 Å². The van der Waals surface area contributed by atoms with Crippen molar-refractivity contribution in [2.24, 2.45) is 5.92 Å². The second-order valence-corrected chi connectivity index (χ2v) is 9.88. The Hall–Kier alpha value is -2.87. The molecule has 30 heavy (non-hydrogen) atoms. The monoisotopic (exact) mass is 430 g/mol. The fraction of sp³-hybridized carbons (Fsp3) is 0.364. The molecule has 1 N–H and O–H groups in total. The smallest absolute Gasteiger partial charge is 0.229 e. The van der Waals surface area contributed by atoms with Gasteiger partial charge < -0.3 is 15.0 Å². The van der Waals surface area contributed by atoms with E-state index in [-0.39, 0.29) is 30.6 Å². The van der Waals surface area contributed by atoms with Crippen LogP contribution < -0.4 is 15.0 Å². The van der Waals surface area contributed by atoms with Crippen molar-refractivity contribution < 1.29 is 22.7 Å². The molecule has 1 saturated heterocycles. The van der Waals surface area contributed by atoms with Gasteiger partial charge in [-0.2, -0.15) is 0 Å². The number of ether oxygens (including phenoxy) is 1. The topological polar surface area (TPSA) is 92.8 Å². The maximum absolute atomic E-state index is 12.7. The van der Waals surface area contributed by atoms with Crippen LogP contribution in [0.5, 0.6) is 5.75 Å². The number of carbonyl (C=O) groups excluding carboxylic acids is 2. The van der Waals surface area contributed by atoms with E-state index in [2.05, 4.69) is 5.32 Å². The summed E-state index contributed by atoms with van der Waals surface area (Å²) in [7, 11) is -3.11. The van der Waals surface area contributed by atoms with Crippen molar-refractivity contribution in [1.82, 2.24) is 0 Å². The molecule has 0 spiro atoms. The maximum atomic E-state index is 12.7. The van der Waals surface area contributed by atoms with Crippen LogP contribution in [-0.2, 0) is 19.4 Å². The largest absolute Gasteiger partial charge is 0.492 e. The molecule has 0 aromatic heterocycles. The predicted molar refractivity (Wildman–Crippen MR) is 117 cm³/mol. The van der Waals surface area contributed by atoms with Gasteiger partial charge in [0.2, 0.25) is 11.8 Å². The molecule has 7 nitrogen and oxygen atoms in total. The number of aryl methyl sites for hydroxylation is 1. The molecule has 1 fully saturated rings. The van der Waals surface area contributed by atoms with Gasteiger partial charge in [-0.25, -0.2) is 8.42 Å². The van der Waals surface area contributed by atoms with Crippen molar-refractivity contribution in [3.63, 3.8) is 0 Å². The summed E-state index contributed by atoms with van der Waals surface area (Å²) in [5.74, 6) is -0.364. The average Bonchev–Trinajstić information content (AvgIpc) is 3.05. The van der Waals surface area contributed by atoms with Crippen LogP contribution in [0.15, 0.2) is 42.5 Å². The molecule has 1 aliphatic heterocycles. The lowest BCUT2D eigenvalue weighted by molar-refractivity contribution is -0.122. The second kappa shape index (κ2) is 8.87. The fourth-order valence-corrected chi connectivity index (χ4v) is 3.75. The molecule has 160 valence electrons. The number of hydrogen-bond donors (Lipinski definition) is 1. The fourth-order valence-electron chi connectivity index (χ4n) is 3.36. The van der Waals surface area contributed by atoms with Crippen molar-refractivity contribution in [2.45, 2.75) is 20.3 Å². The second-order valence-electron chi connectivity index (χ2n) is 7.62. The van der Waals surface area contributed by atoms with Crippen LogP contribution in [0.1, 0.15) is 17.5 Å². The lowest BCUT2D eigenvalue weighted by atomic mass is 10.1. The summed E-state index contributed by atoms with van der Waals surface area (Å²) >= 11 is 0. The molecule has 2 aromatic rings. The molecular weight excluding hydrogens is 404 g/mol. The predicted octanol–water partition coefficient (Wildman–Crippen LogP) is 2.72. The molecule has 0 bridgehead atoms. The van der Waals surface area contributed by atoms with E-state index in [1.807, 2.05) is 32.0 Å². The Morgan fingerprint density at radius 2 is 1.93 bits per heavy atom. The van der Waals surface area contributed by atoms with Gasteiger partial charge in [0.25, 0.3) is 0 Å². The molecule has 3 rings (SSSR count). The Morgan fingerprint density at radius 1 is 1.20 bits per heavy atom. The molecule has 8 heteroatoms. The number of rotatable bonds is 7. The quantitative estimate of drug-likeness (QED) is 0.729. The number of nitrogens with zero attached hydrogens (tertiary/aromatic N) is 1. The van der Waals surface area contributed by atoms with Gasteiger partial charge in [0.15, 0.2) is 9.84 Å². The summed E-state index contributed by atoms with van der Waals surface area (Å²) in [6.07, 6.45) is 1.31. The SMILES string of the molecule is Cc1cccc(N2CC(C(=O)Nc3cccc(OCCS(C)(=O)=O)c3)CC2=O)c1C. The van der Waals surface area contributed by atoms with E-state index in [1.165, 1.54) is 0 Å². The zero-order valence-electron chi connectivity index (χ0n) is 17.3. The minimum Gasteiger partial charge on any atom is -0.492 e. The normalized spacial score (nSPS) is 16.6. The molecule has 1 unspecified atom stereocenters. The summed E-state index contributed by atoms with van der Waals surface area (Å²) in [5.41, 5.74) is 3.51. The molecule has 1 heterocycles. The number of carbonyl (C=O) groups is 2. The number of anilines is 2. The zero-order chi connectivity index (χ0) is 21.9. The van der Waals surface area contributed by atoms with Crippen LogP contribution in [0.4, 0.5) is 11.4 Å². The summed E-state index contributed by atoms with van der Waals surface area (Å²) in [6, 6.07) is 12.6. The highest BCUT2D eigenvalue weighted by Crippen LogP contribution is 2.30. The van der Waals surface area contributed by atoms with Gasteiger partial charge in [-0.15, -0.1) is 0 Å². The summed E-state index contributed by atoms with van der Waals surface area (Å²) in [5, 5.41) is 2.83. The van der Waals surface area contributed by atoms with Crippen molar-refractivity contribution in [1.29, 1.82) is 0 Å². The van der Waals surface area contributed by atoms with Crippen molar-refractivity contribution in [3.05, 3.63) is 53.6 Å². The van der Waals surface area contributed by atoms with Crippen LogP contribution in [0.2, 0.25) is 0 Å². The Labute approximate surface area is 177 Å². The third-order valence-corrected chi connectivity index (χ3v) is 6.10. The standard InChI is InChI=1S/C22H26N2O5S/c1-15-6-4-9-20(16(15)2)24-14-17(12-21(24)25)22(26)23-18-7-5-8-19(13-18)29-10-11-30(3,27)28/h4-9,13,17H,10-12,14H2,1-3H3,(H,23,26). The molecule has 1 atom stereocenters. The Morgan fingerprint density at radius 3 is 2.67 bits per heavy atom. The first-order valence-electron chi connectivity index (χ1n) is 9.72. The van der Waals surface area contributed by atoms with Gasteiger partial charge >= 0.3 is 0 Å². The first kappa shape index (κ1) is 21.8. The van der Waals surface area contributed by atoms with Crippen LogP contribution in [0.25, 0.3) is 0 Å². The number of sulfone groups is 1. The van der Waals surface area contributed by atoms with Gasteiger partial charge in [0.05, 0.1) is 11.7 Å². The zero-order valence-corrected chi connectivity index (χ0v) is 18.2. The van der Waals surface area contributed by atoms with Gasteiger partial charge in [-0.1, -0.05) is 18.2 Å². The first-order valence-corrected chi connectivity index (χ1v) is 11.8. The van der Waals surface area contributed by atoms with Gasteiger partial charge in [0.1, 0.15) is 12.4 Å². The van der Waals surface area contributed by atoms with Crippen LogP contribution in [0.3, 0.4) is 0 Å². The number of benzene rings is 2. The Balaban J connectivity index is 1.63. The van der Waals surface area contributed by atoms with Crippen molar-refractivity contribution in [3.8, 4) is 5.75 Å². The number of hydrogen-bond acceptors (Lipinski definition) is 5. The Kier molecular flexibility index (Phi) is 6.45. The molecule has 0 radical (unpaired) electrons. The highest BCUT2D eigenvalue weighted by molar-refractivity contribution is 7.90. The highest BCUT2D eigenvalue weighted by atomic mass is 32.2. The van der Waals surface area contributed by atoms with Crippen molar-refractivity contribution >= 4 is 33.0 Å². The molecule has 0 saturated carbocycles. The summed E-state index contributed by atoms with van der Waals surface area (Å²) in [6.45, 7) is 4.34. The number of nitrogens with one attached hydrogen (secondary N) is 1. The molecule has 0 aliphatic carbocycles. The third kappa shape index (κ3) is 5.38. The summed E-state index contributed by atoms with van der Waals surface area (Å²) in [4.78, 5) is 26.9. The lowest BCUT2D eigenvalue weighted by Crippen LogP contribution is -2.28. The molecule has 2 aromatic carbocycles. The number of amides is 2. The summed E-state index contributed by atoms with van der Waals surface area (Å²) < 4.78 is 27.9. The van der Waals surface area contributed by atoms with Gasteiger partial charge in [-0.05, 0) is 43.2 Å². The van der Waals surface area contributed by atoms with E-state index >= 15 is 0 Å². The van der Waals surface area contributed by atoms with E-state index in [0.717, 1.165) is 23.1 Å². The minimum absolute atomic E-state index is 0.0398. The van der Waals surface area contributed by atoms with Crippen LogP contribution in [0, 0.1) is 19.8 Å². The highest BCUT2D eigenvalue weighted by Gasteiger charge is 2.35. The average molecular weight is 431 g/mol. The molecule has 2 amide bonds. The van der Waals surface area contributed by atoms with E-state index in [0.29, 0.717) is 18.0 Å². The van der Waals surface area contributed by atoms with E-state index in [4.69, 9.17) is 4.74 Å². The van der Waals surface area contributed by atoms with Crippen molar-refractivity contribution in [2.75, 3.05) is 35.4 Å². The van der Waals surface area contributed by atoms with Crippen LogP contribution >= 0.6 is 0 Å². The first-order chi connectivity index (χ1) is 14.1. The van der Waals surface area contributed by atoms with E-state index < -0.39 is 15.8 Å². The molecular formula is C22H26N2O5S. The maximum Gasteiger partial charge on any atom is 0.229 e. The third-order valence-electron chi connectivity index (χ3n) is 5.19. The minimum atomic E-state index is -3.11. The Bertz CT molecular complexity index is 1060. The molecule has 1 aliphatic rings. The van der Waals surface area contributed by atoms with E-state index in [9.17, 15) is 18.0 Å². The van der Waals surface area contributed by atoms with Gasteiger partial charge in [0, 0.05) is 36.7 Å². The van der Waals surface area contributed by atoms with E-state index in [1.54, 1.807) is 29.2 Å². The lowest BCUT2D eigenvalue weighted by Gasteiger charge is -2.20.